The minimum atomic E-state index is 0.559. The van der Waals surface area contributed by atoms with Crippen LogP contribution in [0.4, 0.5) is 0 Å². The summed E-state index contributed by atoms with van der Waals surface area (Å²) in [6, 6.07) is 18.1. The average Bonchev–Trinajstić information content (AvgIpc) is 2.54. The maximum absolute atomic E-state index is 11.6. The van der Waals surface area contributed by atoms with Crippen LogP contribution in [0.5, 0.6) is 5.75 Å². The maximum atomic E-state index is 11.6. The summed E-state index contributed by atoms with van der Waals surface area (Å²) < 4.78 is 6.14. The second-order valence-electron chi connectivity index (χ2n) is 4.69. The van der Waals surface area contributed by atoms with Gasteiger partial charge in [-0.3, -0.25) is 4.79 Å². The Balaban J connectivity index is 2.36. The standard InChI is InChI=1S/C18H13BrO2/c1-21-18-16(11-20)15(9-10-17(18)19)14-8-4-6-12-5-2-3-7-13(12)14/h2-11H,1H3. The summed E-state index contributed by atoms with van der Waals surface area (Å²) in [5, 5.41) is 2.27. The number of methoxy groups -OCH3 is 1. The Morgan fingerprint density at radius 1 is 0.952 bits per heavy atom. The molecule has 0 heterocycles. The van der Waals surface area contributed by atoms with Gasteiger partial charge in [-0.05, 0) is 43.9 Å². The minimum Gasteiger partial charge on any atom is -0.495 e. The summed E-state index contributed by atoms with van der Waals surface area (Å²) in [6.07, 6.45) is 0.848. The van der Waals surface area contributed by atoms with Crippen molar-refractivity contribution in [3.8, 4) is 16.9 Å². The predicted octanol–water partition coefficient (Wildman–Crippen LogP) is 5.09. The van der Waals surface area contributed by atoms with Crippen molar-refractivity contribution >= 4 is 33.0 Å². The molecule has 0 N–H and O–H groups in total. The number of rotatable bonds is 3. The summed E-state index contributed by atoms with van der Waals surface area (Å²) in [5.41, 5.74) is 2.46. The molecular weight excluding hydrogens is 328 g/mol. The number of carbonyl (C=O) groups is 1. The van der Waals surface area contributed by atoms with E-state index in [4.69, 9.17) is 4.74 Å². The Morgan fingerprint density at radius 2 is 1.71 bits per heavy atom. The summed E-state index contributed by atoms with van der Waals surface area (Å²) in [7, 11) is 1.57. The molecule has 0 radical (unpaired) electrons. The van der Waals surface area contributed by atoms with Gasteiger partial charge in [-0.25, -0.2) is 0 Å². The van der Waals surface area contributed by atoms with Crippen molar-refractivity contribution in [2.24, 2.45) is 0 Å². The lowest BCUT2D eigenvalue weighted by Crippen LogP contribution is -1.95. The predicted molar refractivity (Wildman–Crippen MR) is 89.0 cm³/mol. The smallest absolute Gasteiger partial charge is 0.154 e. The van der Waals surface area contributed by atoms with Crippen molar-refractivity contribution in [3.63, 3.8) is 0 Å². The van der Waals surface area contributed by atoms with Crippen LogP contribution in [-0.4, -0.2) is 13.4 Å². The molecule has 0 aliphatic rings. The van der Waals surface area contributed by atoms with Gasteiger partial charge in [0.2, 0.25) is 0 Å². The second kappa shape index (κ2) is 5.70. The Bertz CT molecular complexity index is 819. The van der Waals surface area contributed by atoms with E-state index >= 15 is 0 Å². The van der Waals surface area contributed by atoms with Crippen molar-refractivity contribution in [2.45, 2.75) is 0 Å². The summed E-state index contributed by atoms with van der Waals surface area (Å²) in [5.74, 6) is 0.565. The number of carbonyl (C=O) groups excluding carboxylic acids is 1. The van der Waals surface area contributed by atoms with E-state index in [1.165, 1.54) is 0 Å². The van der Waals surface area contributed by atoms with Crippen LogP contribution in [0, 0.1) is 0 Å². The van der Waals surface area contributed by atoms with E-state index in [-0.39, 0.29) is 0 Å². The lowest BCUT2D eigenvalue weighted by atomic mass is 9.94. The summed E-state index contributed by atoms with van der Waals surface area (Å²) in [4.78, 5) is 11.6. The molecule has 21 heavy (non-hydrogen) atoms. The summed E-state index contributed by atoms with van der Waals surface area (Å²) >= 11 is 3.42. The van der Waals surface area contributed by atoms with Crippen LogP contribution >= 0.6 is 15.9 Å². The van der Waals surface area contributed by atoms with Crippen molar-refractivity contribution in [1.82, 2.24) is 0 Å². The number of aldehydes is 1. The quantitative estimate of drug-likeness (QED) is 0.620. The third-order valence-corrected chi connectivity index (χ3v) is 4.17. The molecule has 0 amide bonds. The van der Waals surface area contributed by atoms with Gasteiger partial charge >= 0.3 is 0 Å². The van der Waals surface area contributed by atoms with Gasteiger partial charge in [-0.15, -0.1) is 0 Å². The van der Waals surface area contributed by atoms with E-state index in [0.717, 1.165) is 32.7 Å². The highest BCUT2D eigenvalue weighted by Crippen LogP contribution is 2.38. The first-order valence-electron chi connectivity index (χ1n) is 6.56. The van der Waals surface area contributed by atoms with E-state index in [0.29, 0.717) is 11.3 Å². The molecule has 2 nitrogen and oxygen atoms in total. The second-order valence-corrected chi connectivity index (χ2v) is 5.54. The number of benzene rings is 3. The van der Waals surface area contributed by atoms with Crippen molar-refractivity contribution in [2.75, 3.05) is 7.11 Å². The zero-order valence-corrected chi connectivity index (χ0v) is 13.1. The molecule has 0 spiro atoms. The van der Waals surface area contributed by atoms with Gasteiger partial charge in [-0.1, -0.05) is 48.5 Å². The van der Waals surface area contributed by atoms with E-state index in [2.05, 4.69) is 34.1 Å². The number of hydrogen-bond donors (Lipinski definition) is 0. The molecule has 0 fully saturated rings. The Labute approximate surface area is 131 Å². The number of ether oxygens (including phenoxy) is 1. The summed E-state index contributed by atoms with van der Waals surface area (Å²) in [6.45, 7) is 0. The van der Waals surface area contributed by atoms with Gasteiger partial charge in [0.15, 0.2) is 6.29 Å². The highest BCUT2D eigenvalue weighted by Gasteiger charge is 2.15. The van der Waals surface area contributed by atoms with Gasteiger partial charge in [0.1, 0.15) is 5.75 Å². The zero-order valence-electron chi connectivity index (χ0n) is 11.5. The number of halogens is 1. The highest BCUT2D eigenvalue weighted by molar-refractivity contribution is 9.10. The van der Waals surface area contributed by atoms with Gasteiger partial charge in [-0.2, -0.15) is 0 Å². The van der Waals surface area contributed by atoms with Crippen molar-refractivity contribution < 1.29 is 9.53 Å². The first-order chi connectivity index (χ1) is 10.3. The van der Waals surface area contributed by atoms with E-state index in [9.17, 15) is 4.79 Å². The first kappa shape index (κ1) is 13.8. The largest absolute Gasteiger partial charge is 0.495 e. The fourth-order valence-electron chi connectivity index (χ4n) is 2.59. The van der Waals surface area contributed by atoms with Crippen LogP contribution in [0.1, 0.15) is 10.4 Å². The molecule has 0 saturated carbocycles. The molecule has 0 aliphatic carbocycles. The molecule has 0 bridgehead atoms. The molecule has 3 heteroatoms. The monoisotopic (exact) mass is 340 g/mol. The lowest BCUT2D eigenvalue weighted by molar-refractivity contribution is 0.112. The van der Waals surface area contributed by atoms with Crippen LogP contribution in [0.15, 0.2) is 59.1 Å². The van der Waals surface area contributed by atoms with Gasteiger partial charge in [0.05, 0.1) is 17.1 Å². The van der Waals surface area contributed by atoms with Crippen LogP contribution in [0.3, 0.4) is 0 Å². The lowest BCUT2D eigenvalue weighted by Gasteiger charge is -2.13. The normalized spacial score (nSPS) is 10.6. The molecular formula is C18H13BrO2. The fraction of sp³-hybridized carbons (Fsp3) is 0.0556. The fourth-order valence-corrected chi connectivity index (χ4v) is 3.10. The molecule has 3 aromatic carbocycles. The molecule has 0 unspecified atom stereocenters. The third kappa shape index (κ3) is 2.34. The molecule has 0 aromatic heterocycles. The maximum Gasteiger partial charge on any atom is 0.154 e. The minimum absolute atomic E-state index is 0.559. The van der Waals surface area contributed by atoms with Crippen molar-refractivity contribution in [3.05, 3.63) is 64.6 Å². The molecule has 0 saturated heterocycles. The van der Waals surface area contributed by atoms with Crippen LogP contribution in [0.2, 0.25) is 0 Å². The Hall–Kier alpha value is -2.13. The molecule has 0 aliphatic heterocycles. The van der Waals surface area contributed by atoms with Crippen LogP contribution in [-0.2, 0) is 0 Å². The molecule has 3 aromatic rings. The average molecular weight is 341 g/mol. The zero-order chi connectivity index (χ0) is 14.8. The first-order valence-corrected chi connectivity index (χ1v) is 7.35. The molecule has 104 valence electrons. The SMILES string of the molecule is COc1c(Br)ccc(-c2cccc3ccccc23)c1C=O. The highest BCUT2D eigenvalue weighted by atomic mass is 79.9. The van der Waals surface area contributed by atoms with Gasteiger partial charge < -0.3 is 4.74 Å². The van der Waals surface area contributed by atoms with E-state index in [1.807, 2.05) is 36.4 Å². The Morgan fingerprint density at radius 3 is 2.48 bits per heavy atom. The van der Waals surface area contributed by atoms with Gasteiger partial charge in [0.25, 0.3) is 0 Å². The molecule has 0 atom stereocenters. The number of fused-ring (bicyclic) bond motifs is 1. The van der Waals surface area contributed by atoms with E-state index < -0.39 is 0 Å². The number of hydrogen-bond acceptors (Lipinski definition) is 2. The van der Waals surface area contributed by atoms with Crippen molar-refractivity contribution in [1.29, 1.82) is 0 Å². The van der Waals surface area contributed by atoms with E-state index in [1.54, 1.807) is 7.11 Å². The third-order valence-electron chi connectivity index (χ3n) is 3.55. The molecule has 3 rings (SSSR count). The van der Waals surface area contributed by atoms with Crippen LogP contribution < -0.4 is 4.74 Å². The topological polar surface area (TPSA) is 26.3 Å². The van der Waals surface area contributed by atoms with Crippen LogP contribution in [0.25, 0.3) is 21.9 Å². The van der Waals surface area contributed by atoms with Gasteiger partial charge in [0, 0.05) is 0 Å². The Kier molecular flexibility index (Phi) is 3.76.